The molecule has 0 atom stereocenters. The van der Waals surface area contributed by atoms with E-state index in [9.17, 15) is 19.2 Å². The number of carbonyl (C=O) groups is 4. The summed E-state index contributed by atoms with van der Waals surface area (Å²) >= 11 is 0. The van der Waals surface area contributed by atoms with Crippen molar-refractivity contribution in [1.29, 1.82) is 0 Å². The number of rotatable bonds is 5. The van der Waals surface area contributed by atoms with Crippen molar-refractivity contribution in [3.05, 3.63) is 94.1 Å². The van der Waals surface area contributed by atoms with Crippen molar-refractivity contribution in [2.45, 2.75) is 13.8 Å². The van der Waals surface area contributed by atoms with Crippen LogP contribution in [-0.2, 0) is 23.8 Å². The van der Waals surface area contributed by atoms with Gasteiger partial charge in [0.1, 0.15) is 0 Å². The average molecular weight is 406 g/mol. The van der Waals surface area contributed by atoms with E-state index in [1.165, 1.54) is 12.1 Å². The minimum atomic E-state index is -0.884. The van der Waals surface area contributed by atoms with Crippen LogP contribution in [0.2, 0.25) is 0 Å². The fourth-order valence-electron chi connectivity index (χ4n) is 2.79. The molecule has 0 saturated carbocycles. The van der Waals surface area contributed by atoms with E-state index in [0.29, 0.717) is 0 Å². The van der Waals surface area contributed by atoms with Crippen LogP contribution < -0.4 is 0 Å². The summed E-state index contributed by atoms with van der Waals surface area (Å²) in [4.78, 5) is 49.8. The first-order chi connectivity index (χ1) is 14.3. The second-order valence-electron chi connectivity index (χ2n) is 6.58. The van der Waals surface area contributed by atoms with E-state index < -0.39 is 40.8 Å². The van der Waals surface area contributed by atoms with Crippen LogP contribution in [0.1, 0.15) is 31.8 Å². The lowest BCUT2D eigenvalue weighted by molar-refractivity contribution is -0.122. The first kappa shape index (κ1) is 20.7. The number of ether oxygens (including phenoxy) is 3. The molecule has 0 N–H and O–H groups in total. The summed E-state index contributed by atoms with van der Waals surface area (Å²) in [5.41, 5.74) is 2.07. The van der Waals surface area contributed by atoms with Crippen LogP contribution in [0.25, 0.3) is 0 Å². The quantitative estimate of drug-likeness (QED) is 0.556. The lowest BCUT2D eigenvalue weighted by Crippen LogP contribution is -2.26. The summed E-state index contributed by atoms with van der Waals surface area (Å²) in [7, 11) is 1.15. The van der Waals surface area contributed by atoms with Gasteiger partial charge in [-0.3, -0.25) is 9.59 Å². The lowest BCUT2D eigenvalue weighted by atomic mass is 10.1. The molecule has 2 aromatic rings. The third kappa shape index (κ3) is 4.35. The van der Waals surface area contributed by atoms with Gasteiger partial charge in [-0.2, -0.15) is 0 Å². The highest BCUT2D eigenvalue weighted by Gasteiger charge is 2.35. The Bertz CT molecular complexity index is 1120. The molecule has 152 valence electrons. The molecule has 1 aliphatic carbocycles. The Balaban J connectivity index is 1.82. The van der Waals surface area contributed by atoms with Crippen LogP contribution in [0, 0.1) is 13.8 Å². The first-order valence-corrected chi connectivity index (χ1v) is 8.97. The van der Waals surface area contributed by atoms with Crippen molar-refractivity contribution < 1.29 is 33.4 Å². The van der Waals surface area contributed by atoms with Crippen molar-refractivity contribution in [1.82, 2.24) is 0 Å². The number of Topliss-reactive ketones (excluding diaryl/α,β-unsaturated/α-hetero) is 1. The maximum Gasteiger partial charge on any atom is 0.343 e. The number of esters is 2. The monoisotopic (exact) mass is 406 g/mol. The van der Waals surface area contributed by atoms with Crippen molar-refractivity contribution in [2.24, 2.45) is 0 Å². The number of carbonyl (C=O) groups excluding carboxylic acids is 4. The minimum Gasteiger partial charge on any atom is -0.489 e. The molecule has 1 aliphatic rings. The Morgan fingerprint density at radius 3 is 1.80 bits per heavy atom. The van der Waals surface area contributed by atoms with Crippen molar-refractivity contribution >= 4 is 23.5 Å². The SMILES string of the molecule is COC1=C(OC(=O)c2cccc(C)c2)C(=O)C=C(OC(=O)c2cccc(C)c2)C1=O. The number of hydrogen-bond donors (Lipinski definition) is 0. The number of aryl methyl sites for hydroxylation is 2. The number of hydrogen-bond acceptors (Lipinski definition) is 7. The Morgan fingerprint density at radius 2 is 1.30 bits per heavy atom. The van der Waals surface area contributed by atoms with E-state index >= 15 is 0 Å². The molecule has 0 fully saturated rings. The van der Waals surface area contributed by atoms with E-state index in [-0.39, 0.29) is 11.1 Å². The highest BCUT2D eigenvalue weighted by atomic mass is 16.6. The fourth-order valence-corrected chi connectivity index (χ4v) is 2.79. The maximum absolute atomic E-state index is 12.6. The smallest absolute Gasteiger partial charge is 0.343 e. The second-order valence-corrected chi connectivity index (χ2v) is 6.58. The summed E-state index contributed by atoms with van der Waals surface area (Å²) in [6.07, 6.45) is 0.803. The molecule has 7 heteroatoms. The molecule has 30 heavy (non-hydrogen) atoms. The van der Waals surface area contributed by atoms with E-state index in [1.54, 1.807) is 50.2 Å². The molecule has 0 unspecified atom stereocenters. The molecule has 0 bridgehead atoms. The van der Waals surface area contributed by atoms with Crippen LogP contribution in [0.5, 0.6) is 0 Å². The highest BCUT2D eigenvalue weighted by molar-refractivity contribution is 6.21. The van der Waals surface area contributed by atoms with E-state index in [1.807, 2.05) is 0 Å². The Kier molecular flexibility index (Phi) is 5.92. The van der Waals surface area contributed by atoms with Gasteiger partial charge in [-0.15, -0.1) is 0 Å². The zero-order chi connectivity index (χ0) is 21.8. The van der Waals surface area contributed by atoms with E-state index in [0.717, 1.165) is 24.3 Å². The molecule has 0 heterocycles. The molecule has 0 aliphatic heterocycles. The highest BCUT2D eigenvalue weighted by Crippen LogP contribution is 2.24. The average Bonchev–Trinajstić information content (AvgIpc) is 2.71. The van der Waals surface area contributed by atoms with Gasteiger partial charge in [0, 0.05) is 6.08 Å². The molecule has 0 spiro atoms. The number of methoxy groups -OCH3 is 1. The molecule has 0 aromatic heterocycles. The lowest BCUT2D eigenvalue weighted by Gasteiger charge is -2.17. The molecule has 0 saturated heterocycles. The van der Waals surface area contributed by atoms with Gasteiger partial charge in [0.05, 0.1) is 18.2 Å². The van der Waals surface area contributed by atoms with Crippen molar-refractivity contribution in [3.8, 4) is 0 Å². The van der Waals surface area contributed by atoms with E-state index in [4.69, 9.17) is 14.2 Å². The standard InChI is InChI=1S/C23H18O7/c1-13-6-4-8-15(10-13)22(26)29-18-12-17(24)20(21(28-3)19(18)25)30-23(27)16-9-5-7-14(2)11-16/h4-12H,1-3H3. The Hall–Kier alpha value is -4.00. The maximum atomic E-state index is 12.6. The summed E-state index contributed by atoms with van der Waals surface area (Å²) < 4.78 is 15.2. The van der Waals surface area contributed by atoms with Crippen LogP contribution in [0.3, 0.4) is 0 Å². The molecule has 0 radical (unpaired) electrons. The van der Waals surface area contributed by atoms with Gasteiger partial charge in [-0.25, -0.2) is 9.59 Å². The van der Waals surface area contributed by atoms with Crippen LogP contribution in [-0.4, -0.2) is 30.6 Å². The van der Waals surface area contributed by atoms with Gasteiger partial charge in [-0.05, 0) is 38.1 Å². The van der Waals surface area contributed by atoms with Crippen molar-refractivity contribution in [3.63, 3.8) is 0 Å². The number of benzene rings is 2. The largest absolute Gasteiger partial charge is 0.489 e. The predicted molar refractivity (Wildman–Crippen MR) is 105 cm³/mol. The molecule has 2 aromatic carbocycles. The van der Waals surface area contributed by atoms with Gasteiger partial charge in [0.15, 0.2) is 5.76 Å². The molecular weight excluding hydrogens is 388 g/mol. The number of ketones is 2. The van der Waals surface area contributed by atoms with Gasteiger partial charge in [0.25, 0.3) is 5.78 Å². The first-order valence-electron chi connectivity index (χ1n) is 8.97. The van der Waals surface area contributed by atoms with Gasteiger partial charge >= 0.3 is 11.9 Å². The minimum absolute atomic E-state index is 0.207. The summed E-state index contributed by atoms with van der Waals surface area (Å²) in [6, 6.07) is 13.1. The third-order valence-electron chi connectivity index (χ3n) is 4.23. The zero-order valence-corrected chi connectivity index (χ0v) is 16.6. The zero-order valence-electron chi connectivity index (χ0n) is 16.6. The third-order valence-corrected chi connectivity index (χ3v) is 4.23. The predicted octanol–water partition coefficient (Wildman–Crippen LogP) is 3.21. The topological polar surface area (TPSA) is 96.0 Å². The van der Waals surface area contributed by atoms with Crippen LogP contribution >= 0.6 is 0 Å². The molecular formula is C23H18O7. The molecule has 3 rings (SSSR count). The summed E-state index contributed by atoms with van der Waals surface area (Å²) in [6.45, 7) is 3.59. The van der Waals surface area contributed by atoms with Crippen molar-refractivity contribution in [2.75, 3.05) is 7.11 Å². The summed E-state index contributed by atoms with van der Waals surface area (Å²) in [5.74, 6) is -4.94. The number of allylic oxidation sites excluding steroid dienone is 1. The Labute approximate surface area is 172 Å². The van der Waals surface area contributed by atoms with Gasteiger partial charge in [-0.1, -0.05) is 35.4 Å². The second kappa shape index (κ2) is 8.57. The van der Waals surface area contributed by atoms with E-state index in [2.05, 4.69) is 0 Å². The fraction of sp³-hybridized carbons (Fsp3) is 0.130. The molecule has 7 nitrogen and oxygen atoms in total. The molecule has 0 amide bonds. The summed E-state index contributed by atoms with van der Waals surface area (Å²) in [5, 5.41) is 0. The van der Waals surface area contributed by atoms with Gasteiger partial charge in [0.2, 0.25) is 17.3 Å². The Morgan fingerprint density at radius 1 is 0.767 bits per heavy atom. The van der Waals surface area contributed by atoms with Crippen LogP contribution in [0.4, 0.5) is 0 Å². The van der Waals surface area contributed by atoms with Gasteiger partial charge < -0.3 is 14.2 Å². The normalized spacial score (nSPS) is 13.6. The van der Waals surface area contributed by atoms with Crippen LogP contribution in [0.15, 0.2) is 71.9 Å².